The Morgan fingerprint density at radius 2 is 1.94 bits per heavy atom. The van der Waals surface area contributed by atoms with Crippen LogP contribution in [-0.4, -0.2) is 29.4 Å². The van der Waals surface area contributed by atoms with Crippen LogP contribution in [-0.2, 0) is 11.3 Å². The third kappa shape index (κ3) is 3.30. The first-order chi connectivity index (χ1) is 7.94. The van der Waals surface area contributed by atoms with Crippen molar-refractivity contribution in [3.05, 3.63) is 35.4 Å². The van der Waals surface area contributed by atoms with E-state index in [0.717, 1.165) is 13.1 Å². The van der Waals surface area contributed by atoms with Crippen molar-refractivity contribution in [3.8, 4) is 0 Å². The predicted molar refractivity (Wildman–Crippen MR) is 68.7 cm³/mol. The zero-order valence-electron chi connectivity index (χ0n) is 10.8. The van der Waals surface area contributed by atoms with Gasteiger partial charge in [0.15, 0.2) is 0 Å². The Morgan fingerprint density at radius 3 is 2.53 bits per heavy atom. The van der Waals surface area contributed by atoms with Crippen LogP contribution in [0.1, 0.15) is 25.0 Å². The molecule has 3 heteroatoms. The molecule has 0 saturated carbocycles. The molecule has 1 saturated heterocycles. The van der Waals surface area contributed by atoms with Gasteiger partial charge in [-0.1, -0.05) is 29.8 Å². The summed E-state index contributed by atoms with van der Waals surface area (Å²) >= 11 is 0. The van der Waals surface area contributed by atoms with Crippen LogP contribution in [0.15, 0.2) is 24.3 Å². The Balaban J connectivity index is 2.03. The maximum atomic E-state index is 11.6. The van der Waals surface area contributed by atoms with Gasteiger partial charge in [0.1, 0.15) is 0 Å². The number of aryl methyl sites for hydroxylation is 1. The Labute approximate surface area is 103 Å². The van der Waals surface area contributed by atoms with Gasteiger partial charge in [0.25, 0.3) is 0 Å². The summed E-state index contributed by atoms with van der Waals surface area (Å²) in [6.07, 6.45) is 0. The van der Waals surface area contributed by atoms with E-state index in [1.165, 1.54) is 11.1 Å². The topological polar surface area (TPSA) is 32.3 Å². The fourth-order valence-electron chi connectivity index (χ4n) is 2.34. The molecule has 0 atom stereocenters. The number of nitrogens with zero attached hydrogens (tertiary/aromatic N) is 1. The van der Waals surface area contributed by atoms with E-state index in [-0.39, 0.29) is 11.4 Å². The van der Waals surface area contributed by atoms with Crippen LogP contribution in [0.25, 0.3) is 0 Å². The van der Waals surface area contributed by atoms with Crippen molar-refractivity contribution >= 4 is 5.91 Å². The minimum absolute atomic E-state index is 0.119. The van der Waals surface area contributed by atoms with E-state index < -0.39 is 0 Å². The minimum Gasteiger partial charge on any atom is -0.349 e. The summed E-state index contributed by atoms with van der Waals surface area (Å²) in [4.78, 5) is 13.8. The number of rotatable bonds is 2. The SMILES string of the molecule is Cc1ccc(CN2CC(=O)NC(C)(C)C2)cc1. The zero-order valence-corrected chi connectivity index (χ0v) is 10.8. The van der Waals surface area contributed by atoms with Gasteiger partial charge >= 0.3 is 0 Å². The summed E-state index contributed by atoms with van der Waals surface area (Å²) in [7, 11) is 0. The van der Waals surface area contributed by atoms with Crippen LogP contribution in [0.4, 0.5) is 0 Å². The van der Waals surface area contributed by atoms with Crippen molar-refractivity contribution < 1.29 is 4.79 Å². The minimum atomic E-state index is -0.125. The Hall–Kier alpha value is -1.35. The number of carbonyl (C=O) groups is 1. The predicted octanol–water partition coefficient (Wildman–Crippen LogP) is 1.71. The quantitative estimate of drug-likeness (QED) is 0.842. The van der Waals surface area contributed by atoms with Crippen molar-refractivity contribution in [1.82, 2.24) is 10.2 Å². The highest BCUT2D eigenvalue weighted by atomic mass is 16.2. The number of hydrogen-bond donors (Lipinski definition) is 1. The van der Waals surface area contributed by atoms with Gasteiger partial charge in [-0.15, -0.1) is 0 Å². The molecule has 3 nitrogen and oxygen atoms in total. The Bertz CT molecular complexity index is 409. The van der Waals surface area contributed by atoms with Gasteiger partial charge < -0.3 is 5.32 Å². The van der Waals surface area contributed by atoms with Crippen LogP contribution < -0.4 is 5.32 Å². The Kier molecular flexibility index (Phi) is 3.20. The van der Waals surface area contributed by atoms with Crippen LogP contribution in [0.3, 0.4) is 0 Å². The second kappa shape index (κ2) is 4.49. The van der Waals surface area contributed by atoms with Crippen molar-refractivity contribution in [3.63, 3.8) is 0 Å². The smallest absolute Gasteiger partial charge is 0.234 e. The molecule has 2 rings (SSSR count). The summed E-state index contributed by atoms with van der Waals surface area (Å²) < 4.78 is 0. The molecule has 1 aromatic carbocycles. The molecule has 0 aliphatic carbocycles. The first-order valence-corrected chi connectivity index (χ1v) is 6.03. The van der Waals surface area contributed by atoms with Gasteiger partial charge in [0, 0.05) is 18.6 Å². The van der Waals surface area contributed by atoms with Gasteiger partial charge in [-0.25, -0.2) is 0 Å². The lowest BCUT2D eigenvalue weighted by Crippen LogP contribution is -2.59. The molecule has 1 aliphatic rings. The van der Waals surface area contributed by atoms with Crippen LogP contribution in [0.2, 0.25) is 0 Å². The first kappa shape index (κ1) is 12.1. The molecule has 0 radical (unpaired) electrons. The van der Waals surface area contributed by atoms with Crippen molar-refractivity contribution in [2.45, 2.75) is 32.9 Å². The standard InChI is InChI=1S/C14H20N2O/c1-11-4-6-12(7-5-11)8-16-9-13(17)15-14(2,3)10-16/h4-7H,8-10H2,1-3H3,(H,15,17). The van der Waals surface area contributed by atoms with E-state index in [1.807, 2.05) is 0 Å². The highest BCUT2D eigenvalue weighted by molar-refractivity contribution is 5.79. The van der Waals surface area contributed by atoms with E-state index in [2.05, 4.69) is 55.3 Å². The average Bonchev–Trinajstić information content (AvgIpc) is 2.18. The van der Waals surface area contributed by atoms with E-state index in [0.29, 0.717) is 6.54 Å². The number of hydrogen-bond acceptors (Lipinski definition) is 2. The molecule has 92 valence electrons. The third-order valence-electron chi connectivity index (χ3n) is 2.99. The lowest BCUT2D eigenvalue weighted by Gasteiger charge is -2.38. The summed E-state index contributed by atoms with van der Waals surface area (Å²) in [5.74, 6) is 0.119. The van der Waals surface area contributed by atoms with Gasteiger partial charge in [-0.05, 0) is 26.3 Å². The van der Waals surface area contributed by atoms with Crippen LogP contribution in [0.5, 0.6) is 0 Å². The summed E-state index contributed by atoms with van der Waals surface area (Å²) in [5, 5.41) is 3.00. The lowest BCUT2D eigenvalue weighted by atomic mass is 10.0. The second-order valence-electron chi connectivity index (χ2n) is 5.56. The maximum Gasteiger partial charge on any atom is 0.234 e. The van der Waals surface area contributed by atoms with E-state index in [1.54, 1.807) is 0 Å². The molecular formula is C14H20N2O. The third-order valence-corrected chi connectivity index (χ3v) is 2.99. The molecule has 1 aliphatic heterocycles. The van der Waals surface area contributed by atoms with Crippen LogP contribution in [0, 0.1) is 6.92 Å². The molecule has 17 heavy (non-hydrogen) atoms. The van der Waals surface area contributed by atoms with Gasteiger partial charge in [0.2, 0.25) is 5.91 Å². The fourth-order valence-corrected chi connectivity index (χ4v) is 2.34. The van der Waals surface area contributed by atoms with Crippen LogP contribution >= 0.6 is 0 Å². The number of nitrogens with one attached hydrogen (secondary N) is 1. The van der Waals surface area contributed by atoms with E-state index in [9.17, 15) is 4.79 Å². The number of benzene rings is 1. The van der Waals surface area contributed by atoms with Crippen molar-refractivity contribution in [1.29, 1.82) is 0 Å². The Morgan fingerprint density at radius 1 is 1.29 bits per heavy atom. The highest BCUT2D eigenvalue weighted by Crippen LogP contribution is 2.14. The van der Waals surface area contributed by atoms with Gasteiger partial charge in [-0.3, -0.25) is 9.69 Å². The summed E-state index contributed by atoms with van der Waals surface area (Å²) in [5.41, 5.74) is 2.41. The molecule has 1 N–H and O–H groups in total. The second-order valence-corrected chi connectivity index (χ2v) is 5.56. The molecular weight excluding hydrogens is 212 g/mol. The summed E-state index contributed by atoms with van der Waals surface area (Å²) in [6, 6.07) is 8.50. The maximum absolute atomic E-state index is 11.6. The lowest BCUT2D eigenvalue weighted by molar-refractivity contribution is -0.127. The number of carbonyl (C=O) groups excluding carboxylic acids is 1. The number of piperazine rings is 1. The average molecular weight is 232 g/mol. The molecule has 1 fully saturated rings. The molecule has 1 amide bonds. The molecule has 1 aromatic rings. The van der Waals surface area contributed by atoms with E-state index >= 15 is 0 Å². The highest BCUT2D eigenvalue weighted by Gasteiger charge is 2.30. The van der Waals surface area contributed by atoms with Crippen molar-refractivity contribution in [2.24, 2.45) is 0 Å². The first-order valence-electron chi connectivity index (χ1n) is 6.03. The number of amides is 1. The molecule has 1 heterocycles. The monoisotopic (exact) mass is 232 g/mol. The molecule has 0 bridgehead atoms. The van der Waals surface area contributed by atoms with Gasteiger partial charge in [0.05, 0.1) is 6.54 Å². The van der Waals surface area contributed by atoms with Crippen molar-refractivity contribution in [2.75, 3.05) is 13.1 Å². The van der Waals surface area contributed by atoms with Gasteiger partial charge in [-0.2, -0.15) is 0 Å². The fraction of sp³-hybridized carbons (Fsp3) is 0.500. The molecule has 0 spiro atoms. The largest absolute Gasteiger partial charge is 0.349 e. The molecule has 0 aromatic heterocycles. The summed E-state index contributed by atoms with van der Waals surface area (Å²) in [6.45, 7) is 8.45. The van der Waals surface area contributed by atoms with E-state index in [4.69, 9.17) is 0 Å². The molecule has 0 unspecified atom stereocenters. The normalized spacial score (nSPS) is 20.1. The zero-order chi connectivity index (χ0) is 12.5.